The summed E-state index contributed by atoms with van der Waals surface area (Å²) in [4.78, 5) is 22.4. The Bertz CT molecular complexity index is 243. The van der Waals surface area contributed by atoms with Gasteiger partial charge in [-0.2, -0.15) is 0 Å². The maximum atomic E-state index is 11.3. The summed E-state index contributed by atoms with van der Waals surface area (Å²) in [6.45, 7) is 6.07. The molecule has 0 spiro atoms. The van der Waals surface area contributed by atoms with E-state index in [1.165, 1.54) is 6.26 Å². The van der Waals surface area contributed by atoms with Crippen molar-refractivity contribution >= 4 is 11.9 Å². The van der Waals surface area contributed by atoms with Crippen LogP contribution >= 0.6 is 0 Å². The molecular weight excluding hydrogens is 212 g/mol. The van der Waals surface area contributed by atoms with Gasteiger partial charge in [-0.05, 0) is 13.3 Å². The first kappa shape index (κ1) is 14.4. The van der Waals surface area contributed by atoms with E-state index in [0.717, 1.165) is 0 Å². The van der Waals surface area contributed by atoms with Gasteiger partial charge in [0.05, 0.1) is 19.5 Å². The van der Waals surface area contributed by atoms with Crippen LogP contribution in [0.15, 0.2) is 12.8 Å². The molecule has 0 bridgehead atoms. The number of amides is 1. The molecule has 0 aliphatic rings. The third-order valence-corrected chi connectivity index (χ3v) is 1.68. The summed E-state index contributed by atoms with van der Waals surface area (Å²) in [6.07, 6.45) is 1.94. The second kappa shape index (κ2) is 8.72. The second-order valence-corrected chi connectivity index (χ2v) is 2.91. The number of nitrogens with two attached hydrogens (primary N) is 1. The highest BCUT2D eigenvalue weighted by atomic mass is 16.5. The van der Waals surface area contributed by atoms with Gasteiger partial charge < -0.3 is 20.5 Å². The van der Waals surface area contributed by atoms with E-state index >= 15 is 0 Å². The summed E-state index contributed by atoms with van der Waals surface area (Å²) >= 11 is 0. The number of esters is 1. The van der Waals surface area contributed by atoms with E-state index in [0.29, 0.717) is 19.6 Å². The molecule has 0 aliphatic heterocycles. The Morgan fingerprint density at radius 2 is 2.25 bits per heavy atom. The molecule has 6 nitrogen and oxygen atoms in total. The molecule has 6 heteroatoms. The van der Waals surface area contributed by atoms with Gasteiger partial charge in [-0.15, -0.1) is 0 Å². The predicted octanol–water partition coefficient (Wildman–Crippen LogP) is -0.457. The molecule has 1 unspecified atom stereocenters. The third kappa shape index (κ3) is 6.02. The molecule has 16 heavy (non-hydrogen) atoms. The number of ether oxygens (including phenoxy) is 2. The predicted molar refractivity (Wildman–Crippen MR) is 58.4 cm³/mol. The zero-order valence-corrected chi connectivity index (χ0v) is 9.40. The van der Waals surface area contributed by atoms with E-state index in [1.807, 2.05) is 0 Å². The second-order valence-electron chi connectivity index (χ2n) is 2.91. The molecule has 0 rings (SSSR count). The summed E-state index contributed by atoms with van der Waals surface area (Å²) in [7, 11) is 0. The summed E-state index contributed by atoms with van der Waals surface area (Å²) < 4.78 is 9.46. The summed E-state index contributed by atoms with van der Waals surface area (Å²) in [5.41, 5.74) is 5.35. The molecular formula is C10H18N2O4. The Morgan fingerprint density at radius 3 is 2.81 bits per heavy atom. The third-order valence-electron chi connectivity index (χ3n) is 1.68. The average molecular weight is 230 g/mol. The largest absolute Gasteiger partial charge is 0.502 e. The normalized spacial score (nSPS) is 11.4. The van der Waals surface area contributed by atoms with Gasteiger partial charge >= 0.3 is 5.97 Å². The van der Waals surface area contributed by atoms with E-state index in [9.17, 15) is 9.59 Å². The van der Waals surface area contributed by atoms with Gasteiger partial charge in [0, 0.05) is 6.54 Å². The highest BCUT2D eigenvalue weighted by Crippen LogP contribution is 1.87. The lowest BCUT2D eigenvalue weighted by atomic mass is 10.3. The lowest BCUT2D eigenvalue weighted by molar-refractivity contribution is -0.147. The molecule has 92 valence electrons. The molecule has 0 fully saturated rings. The molecule has 0 saturated heterocycles. The number of carbonyl (C=O) groups excluding carboxylic acids is 2. The zero-order chi connectivity index (χ0) is 12.4. The topological polar surface area (TPSA) is 90.6 Å². The molecule has 0 heterocycles. The van der Waals surface area contributed by atoms with Gasteiger partial charge in [-0.1, -0.05) is 6.58 Å². The fourth-order valence-corrected chi connectivity index (χ4v) is 0.899. The van der Waals surface area contributed by atoms with Crippen LogP contribution in [0.3, 0.4) is 0 Å². The Labute approximate surface area is 94.8 Å². The van der Waals surface area contributed by atoms with Crippen LogP contribution in [0.4, 0.5) is 0 Å². The number of nitrogens with one attached hydrogen (secondary N) is 1. The molecule has 0 aromatic heterocycles. The van der Waals surface area contributed by atoms with E-state index in [2.05, 4.69) is 16.6 Å². The first-order valence-electron chi connectivity index (χ1n) is 5.06. The van der Waals surface area contributed by atoms with Gasteiger partial charge in [0.15, 0.2) is 6.04 Å². The monoisotopic (exact) mass is 230 g/mol. The summed E-state index contributed by atoms with van der Waals surface area (Å²) in [5.74, 6) is -1.26. The minimum atomic E-state index is -1.26. The van der Waals surface area contributed by atoms with Crippen LogP contribution in [0.2, 0.25) is 0 Å². The Kier molecular flexibility index (Phi) is 7.87. The van der Waals surface area contributed by atoms with Crippen LogP contribution in [0.25, 0.3) is 0 Å². The van der Waals surface area contributed by atoms with E-state index in [-0.39, 0.29) is 6.61 Å². The molecule has 0 saturated carbocycles. The van der Waals surface area contributed by atoms with E-state index < -0.39 is 17.9 Å². The van der Waals surface area contributed by atoms with Crippen molar-refractivity contribution in [2.24, 2.45) is 5.73 Å². The Morgan fingerprint density at radius 1 is 1.56 bits per heavy atom. The molecule has 0 aliphatic carbocycles. The zero-order valence-electron chi connectivity index (χ0n) is 9.40. The van der Waals surface area contributed by atoms with Crippen LogP contribution in [-0.4, -0.2) is 37.7 Å². The lowest BCUT2D eigenvalue weighted by Crippen LogP contribution is -2.47. The van der Waals surface area contributed by atoms with Crippen LogP contribution < -0.4 is 11.1 Å². The number of hydrogen-bond acceptors (Lipinski definition) is 5. The van der Waals surface area contributed by atoms with E-state index in [1.54, 1.807) is 6.92 Å². The summed E-state index contributed by atoms with van der Waals surface area (Å²) in [6, 6.07) is -1.26. The quantitative estimate of drug-likeness (QED) is 0.255. The van der Waals surface area contributed by atoms with Crippen molar-refractivity contribution in [1.29, 1.82) is 0 Å². The van der Waals surface area contributed by atoms with Gasteiger partial charge in [0.2, 0.25) is 5.91 Å². The van der Waals surface area contributed by atoms with Crippen LogP contribution in [0, 0.1) is 0 Å². The molecule has 0 radical (unpaired) electrons. The van der Waals surface area contributed by atoms with Gasteiger partial charge in [0.1, 0.15) is 0 Å². The first-order chi connectivity index (χ1) is 7.63. The molecule has 1 atom stereocenters. The first-order valence-corrected chi connectivity index (χ1v) is 5.06. The van der Waals surface area contributed by atoms with Crippen molar-refractivity contribution in [2.75, 3.05) is 19.8 Å². The van der Waals surface area contributed by atoms with Gasteiger partial charge in [0.25, 0.3) is 0 Å². The fourth-order valence-electron chi connectivity index (χ4n) is 0.899. The molecule has 0 aromatic rings. The van der Waals surface area contributed by atoms with Crippen LogP contribution in [-0.2, 0) is 19.1 Å². The van der Waals surface area contributed by atoms with Gasteiger partial charge in [-0.25, -0.2) is 4.79 Å². The van der Waals surface area contributed by atoms with Crippen molar-refractivity contribution in [3.8, 4) is 0 Å². The average Bonchev–Trinajstić information content (AvgIpc) is 2.27. The van der Waals surface area contributed by atoms with E-state index in [4.69, 9.17) is 10.5 Å². The van der Waals surface area contributed by atoms with Crippen molar-refractivity contribution in [3.63, 3.8) is 0 Å². The number of rotatable bonds is 8. The van der Waals surface area contributed by atoms with Crippen molar-refractivity contribution in [2.45, 2.75) is 19.4 Å². The van der Waals surface area contributed by atoms with Gasteiger partial charge in [-0.3, -0.25) is 4.79 Å². The molecule has 1 amide bonds. The van der Waals surface area contributed by atoms with Crippen molar-refractivity contribution < 1.29 is 19.1 Å². The lowest BCUT2D eigenvalue weighted by Gasteiger charge is -2.10. The summed E-state index contributed by atoms with van der Waals surface area (Å²) in [5, 5.41) is 2.50. The fraction of sp³-hybridized carbons (Fsp3) is 0.600. The number of carbonyl (C=O) groups is 2. The maximum Gasteiger partial charge on any atom is 0.332 e. The molecule has 0 aromatic carbocycles. The Balaban J connectivity index is 3.70. The molecule has 3 N–H and O–H groups in total. The maximum absolute atomic E-state index is 11.3. The smallest absolute Gasteiger partial charge is 0.332 e. The van der Waals surface area contributed by atoms with Crippen LogP contribution in [0.1, 0.15) is 13.3 Å². The SMILES string of the molecule is C=COCCCNC(=O)C(N)C(=O)OCC. The van der Waals surface area contributed by atoms with Crippen molar-refractivity contribution in [3.05, 3.63) is 12.8 Å². The number of hydrogen-bond donors (Lipinski definition) is 2. The Hall–Kier alpha value is -1.56. The highest BCUT2D eigenvalue weighted by molar-refractivity contribution is 6.01. The minimum absolute atomic E-state index is 0.201. The minimum Gasteiger partial charge on any atom is -0.502 e. The standard InChI is InChI=1S/C10H18N2O4/c1-3-15-7-5-6-12-9(13)8(11)10(14)16-4-2/h3,8H,1,4-7,11H2,2H3,(H,12,13). The van der Waals surface area contributed by atoms with Crippen molar-refractivity contribution in [1.82, 2.24) is 5.32 Å². The van der Waals surface area contributed by atoms with Crippen LogP contribution in [0.5, 0.6) is 0 Å². The highest BCUT2D eigenvalue weighted by Gasteiger charge is 2.22.